The Morgan fingerprint density at radius 2 is 2.15 bits per heavy atom. The lowest BCUT2D eigenvalue weighted by atomic mass is 10.1. The van der Waals surface area contributed by atoms with E-state index >= 15 is 0 Å². The van der Waals surface area contributed by atoms with Crippen molar-refractivity contribution < 1.29 is 4.74 Å². The summed E-state index contributed by atoms with van der Waals surface area (Å²) in [5, 5.41) is 9.03. The third kappa shape index (κ3) is 2.25. The molecule has 1 saturated heterocycles. The van der Waals surface area contributed by atoms with Crippen molar-refractivity contribution in [3.63, 3.8) is 0 Å². The fourth-order valence-corrected chi connectivity index (χ4v) is 4.30. The number of anilines is 1. The largest absolute Gasteiger partial charge is 0.372 e. The summed E-state index contributed by atoms with van der Waals surface area (Å²) < 4.78 is 9.84. The number of aryl methyl sites for hydroxylation is 3. The third-order valence-electron chi connectivity index (χ3n) is 5.58. The van der Waals surface area contributed by atoms with Gasteiger partial charge in [-0.1, -0.05) is 0 Å². The highest BCUT2D eigenvalue weighted by molar-refractivity contribution is 5.73. The number of hydrogen-bond donors (Lipinski definition) is 0. The fraction of sp³-hybridized carbons (Fsp3) is 0.556. The first-order chi connectivity index (χ1) is 12.6. The second-order valence-corrected chi connectivity index (χ2v) is 7.20. The summed E-state index contributed by atoms with van der Waals surface area (Å²) in [6.07, 6.45) is 4.72. The Morgan fingerprint density at radius 3 is 2.96 bits per heavy atom. The molecule has 26 heavy (non-hydrogen) atoms. The van der Waals surface area contributed by atoms with Crippen LogP contribution in [0.15, 0.2) is 6.33 Å². The summed E-state index contributed by atoms with van der Waals surface area (Å²) in [6.45, 7) is 6.60. The summed E-state index contributed by atoms with van der Waals surface area (Å²) in [6, 6.07) is 0. The molecule has 8 nitrogen and oxygen atoms in total. The van der Waals surface area contributed by atoms with Gasteiger partial charge in [-0.2, -0.15) is 10.2 Å². The zero-order valence-corrected chi connectivity index (χ0v) is 15.4. The molecule has 0 aromatic carbocycles. The molecule has 0 amide bonds. The van der Waals surface area contributed by atoms with Crippen LogP contribution >= 0.6 is 0 Å². The van der Waals surface area contributed by atoms with Gasteiger partial charge in [0.05, 0.1) is 5.69 Å². The molecule has 5 rings (SSSR count). The first-order valence-electron chi connectivity index (χ1n) is 9.21. The van der Waals surface area contributed by atoms with Gasteiger partial charge >= 0.3 is 0 Å². The summed E-state index contributed by atoms with van der Waals surface area (Å²) in [5.41, 5.74) is 5.70. The van der Waals surface area contributed by atoms with E-state index in [0.29, 0.717) is 0 Å². The van der Waals surface area contributed by atoms with Crippen molar-refractivity contribution in [1.82, 2.24) is 29.4 Å². The Labute approximate surface area is 151 Å². The molecule has 0 N–H and O–H groups in total. The van der Waals surface area contributed by atoms with Crippen molar-refractivity contribution in [2.45, 2.75) is 45.8 Å². The van der Waals surface area contributed by atoms with E-state index in [0.717, 1.165) is 67.5 Å². The minimum absolute atomic E-state index is 0.0453. The lowest BCUT2D eigenvalue weighted by molar-refractivity contribution is 0.110. The van der Waals surface area contributed by atoms with E-state index in [-0.39, 0.29) is 6.10 Å². The molecule has 3 aromatic heterocycles. The first-order valence-corrected chi connectivity index (χ1v) is 9.21. The van der Waals surface area contributed by atoms with Gasteiger partial charge in [0.1, 0.15) is 29.5 Å². The molecule has 0 spiro atoms. The molecule has 0 unspecified atom stereocenters. The normalized spacial score (nSPS) is 20.1. The van der Waals surface area contributed by atoms with E-state index < -0.39 is 0 Å². The van der Waals surface area contributed by atoms with Gasteiger partial charge in [-0.05, 0) is 26.7 Å². The average molecular weight is 353 g/mol. The quantitative estimate of drug-likeness (QED) is 0.700. The van der Waals surface area contributed by atoms with Crippen LogP contribution < -0.4 is 4.90 Å². The number of nitrogens with zero attached hydrogens (tertiary/aromatic N) is 7. The van der Waals surface area contributed by atoms with E-state index in [9.17, 15) is 0 Å². The number of aromatic nitrogens is 6. The minimum atomic E-state index is 0.0453. The van der Waals surface area contributed by atoms with Crippen molar-refractivity contribution in [3.05, 3.63) is 34.8 Å². The van der Waals surface area contributed by atoms with Gasteiger partial charge in [0.2, 0.25) is 0 Å². The van der Waals surface area contributed by atoms with Gasteiger partial charge in [0.15, 0.2) is 5.82 Å². The molecule has 2 aliphatic rings. The van der Waals surface area contributed by atoms with Gasteiger partial charge in [-0.3, -0.25) is 4.68 Å². The smallest absolute Gasteiger partial charge is 0.158 e. The van der Waals surface area contributed by atoms with Crippen LogP contribution in [0.3, 0.4) is 0 Å². The Hall–Kier alpha value is -2.48. The fourth-order valence-electron chi connectivity index (χ4n) is 4.30. The maximum Gasteiger partial charge on any atom is 0.158 e. The van der Waals surface area contributed by atoms with Crippen LogP contribution in [-0.4, -0.2) is 42.5 Å². The minimum Gasteiger partial charge on any atom is -0.372 e. The predicted octanol–water partition coefficient (Wildman–Crippen LogP) is 1.89. The summed E-state index contributed by atoms with van der Waals surface area (Å²) in [4.78, 5) is 11.8. The predicted molar refractivity (Wildman–Crippen MR) is 96.1 cm³/mol. The van der Waals surface area contributed by atoms with E-state index in [1.807, 2.05) is 23.2 Å². The first kappa shape index (κ1) is 15.7. The molecule has 2 aliphatic heterocycles. The van der Waals surface area contributed by atoms with Crippen molar-refractivity contribution in [1.29, 1.82) is 0 Å². The number of hydrogen-bond acceptors (Lipinski definition) is 6. The van der Waals surface area contributed by atoms with E-state index in [2.05, 4.69) is 27.0 Å². The highest BCUT2D eigenvalue weighted by Crippen LogP contribution is 2.35. The second-order valence-electron chi connectivity index (χ2n) is 7.20. The van der Waals surface area contributed by atoms with Gasteiger partial charge in [-0.25, -0.2) is 14.5 Å². The van der Waals surface area contributed by atoms with Crippen LogP contribution in [0.5, 0.6) is 0 Å². The van der Waals surface area contributed by atoms with Gasteiger partial charge in [0.25, 0.3) is 0 Å². The number of ether oxygens (including phenoxy) is 1. The second kappa shape index (κ2) is 5.77. The van der Waals surface area contributed by atoms with E-state index in [1.54, 1.807) is 6.33 Å². The van der Waals surface area contributed by atoms with Crippen LogP contribution in [0.4, 0.5) is 5.82 Å². The number of imidazole rings is 1. The molecule has 0 aliphatic carbocycles. The van der Waals surface area contributed by atoms with Gasteiger partial charge in [-0.15, -0.1) is 0 Å². The van der Waals surface area contributed by atoms with Crippen molar-refractivity contribution >= 4 is 11.3 Å². The van der Waals surface area contributed by atoms with Crippen LogP contribution in [0.25, 0.3) is 5.52 Å². The Bertz CT molecular complexity index is 983. The molecule has 0 bridgehead atoms. The van der Waals surface area contributed by atoms with Gasteiger partial charge < -0.3 is 9.64 Å². The molecule has 1 atom stereocenters. The van der Waals surface area contributed by atoms with Crippen molar-refractivity contribution in [2.24, 2.45) is 7.05 Å². The van der Waals surface area contributed by atoms with Gasteiger partial charge in [0, 0.05) is 44.4 Å². The lowest BCUT2D eigenvalue weighted by Crippen LogP contribution is -2.32. The van der Waals surface area contributed by atoms with Crippen LogP contribution in [0.1, 0.15) is 47.4 Å². The number of fused-ring (bicyclic) bond motifs is 2. The topological polar surface area (TPSA) is 73.4 Å². The number of rotatable bonds is 2. The maximum absolute atomic E-state index is 5.92. The Morgan fingerprint density at radius 1 is 1.27 bits per heavy atom. The van der Waals surface area contributed by atoms with E-state index in [1.165, 1.54) is 11.3 Å². The molecule has 5 heterocycles. The molecular weight excluding hydrogens is 330 g/mol. The molecule has 1 fully saturated rings. The zero-order valence-electron chi connectivity index (χ0n) is 15.4. The highest BCUT2D eigenvalue weighted by Gasteiger charge is 2.30. The summed E-state index contributed by atoms with van der Waals surface area (Å²) >= 11 is 0. The molecule has 0 saturated carbocycles. The Balaban J connectivity index is 1.62. The molecule has 3 aromatic rings. The molecule has 8 heteroatoms. The zero-order chi connectivity index (χ0) is 17.8. The molecule has 136 valence electrons. The van der Waals surface area contributed by atoms with Crippen LogP contribution in [-0.2, 0) is 24.8 Å². The highest BCUT2D eigenvalue weighted by atomic mass is 16.5. The van der Waals surface area contributed by atoms with Crippen molar-refractivity contribution in [3.8, 4) is 0 Å². The molecule has 0 radical (unpaired) electrons. The average Bonchev–Trinajstić information content (AvgIpc) is 3.35. The molecular formula is C18H23N7O. The lowest BCUT2D eigenvalue weighted by Gasteiger charge is -2.29. The summed E-state index contributed by atoms with van der Waals surface area (Å²) in [7, 11) is 2.03. The standard InChI is InChI=1S/C18H23N7O/c1-11-13-9-24(7-6-14(13)23(3)22-11)18-17-16(15-5-4-8-26-15)21-12(2)25(17)20-10-19-18/h10,15H,4-9H2,1-3H3/t15-/m0/s1. The Kier molecular flexibility index (Phi) is 3.49. The maximum atomic E-state index is 5.92. The monoisotopic (exact) mass is 353 g/mol. The van der Waals surface area contributed by atoms with Crippen LogP contribution in [0.2, 0.25) is 0 Å². The third-order valence-corrected chi connectivity index (χ3v) is 5.58. The van der Waals surface area contributed by atoms with Crippen LogP contribution in [0, 0.1) is 13.8 Å². The summed E-state index contributed by atoms with van der Waals surface area (Å²) in [5.74, 6) is 1.82. The SMILES string of the molecule is Cc1nn(C)c2c1CN(c1ncnn3c(C)nc([C@@H]4CCCO4)c13)CC2. The van der Waals surface area contributed by atoms with Crippen molar-refractivity contribution in [2.75, 3.05) is 18.1 Å². The van der Waals surface area contributed by atoms with E-state index in [4.69, 9.17) is 9.72 Å².